The first-order valence-electron chi connectivity index (χ1n) is 8.05. The molecule has 19 heavy (non-hydrogen) atoms. The van der Waals surface area contributed by atoms with Gasteiger partial charge < -0.3 is 12.4 Å². The molecule has 0 aliphatic rings. The van der Waals surface area contributed by atoms with Gasteiger partial charge in [0.25, 0.3) is 0 Å². The summed E-state index contributed by atoms with van der Waals surface area (Å²) in [4.78, 5) is 0. The highest BCUT2D eigenvalue weighted by atomic mass is 35.5. The third kappa shape index (κ3) is 14.4. The van der Waals surface area contributed by atoms with Gasteiger partial charge in [-0.3, -0.25) is 0 Å². The second-order valence-electron chi connectivity index (χ2n) is 6.30. The fraction of sp³-hybridized carbons (Fsp3) is 1.00. The molecular formula is C16H36ClNO. The minimum absolute atomic E-state index is 0. The Morgan fingerprint density at radius 1 is 0.789 bits per heavy atom. The van der Waals surface area contributed by atoms with Crippen LogP contribution in [0.2, 0.25) is 0 Å². The topological polar surface area (TPSA) is 20.2 Å². The van der Waals surface area contributed by atoms with Crippen molar-refractivity contribution in [1.82, 2.24) is 0 Å². The van der Waals surface area contributed by atoms with Gasteiger partial charge in [0.05, 0.1) is 14.1 Å². The minimum Gasteiger partial charge on any atom is -1.00 e. The van der Waals surface area contributed by atoms with Gasteiger partial charge in [-0.1, -0.05) is 64.7 Å². The first-order valence-corrected chi connectivity index (χ1v) is 8.05. The fourth-order valence-electron chi connectivity index (χ4n) is 2.24. The van der Waals surface area contributed by atoms with Crippen LogP contribution in [0.3, 0.4) is 0 Å². The number of nitrogens with zero attached hydrogens (tertiary/aromatic N) is 1. The summed E-state index contributed by atoms with van der Waals surface area (Å²) in [6.45, 7) is 4.40. The first kappa shape index (κ1) is 21.5. The lowest BCUT2D eigenvalue weighted by atomic mass is 10.0. The summed E-state index contributed by atoms with van der Waals surface area (Å²) in [6, 6.07) is 0.360. The highest BCUT2D eigenvalue weighted by Gasteiger charge is 2.20. The third-order valence-corrected chi connectivity index (χ3v) is 4.05. The van der Waals surface area contributed by atoms with Crippen LogP contribution in [0.25, 0.3) is 0 Å². The summed E-state index contributed by atoms with van der Waals surface area (Å²) in [5, 5.41) is 9.77. The molecule has 3 heteroatoms. The monoisotopic (exact) mass is 293 g/mol. The van der Waals surface area contributed by atoms with Crippen molar-refractivity contribution in [2.45, 2.75) is 90.5 Å². The maximum atomic E-state index is 9.77. The SMILES string of the molecule is CCCCCCCCCCCCC(C)[N+](C)(C)O.[Cl-]. The summed E-state index contributed by atoms with van der Waals surface area (Å²) in [5.41, 5.74) is 0. The van der Waals surface area contributed by atoms with E-state index in [0.29, 0.717) is 6.04 Å². The lowest BCUT2D eigenvalue weighted by molar-refractivity contribution is -1.09. The molecule has 0 rings (SSSR count). The molecule has 0 radical (unpaired) electrons. The predicted octanol–water partition coefficient (Wildman–Crippen LogP) is 2.16. The van der Waals surface area contributed by atoms with Crippen molar-refractivity contribution >= 4 is 0 Å². The molecule has 0 aromatic carbocycles. The number of hydrogen-bond acceptors (Lipinski definition) is 1. The molecule has 0 aromatic heterocycles. The van der Waals surface area contributed by atoms with Gasteiger partial charge in [-0.15, -0.1) is 0 Å². The number of halogens is 1. The second kappa shape index (κ2) is 13.2. The molecule has 0 heterocycles. The van der Waals surface area contributed by atoms with Crippen LogP contribution in [0.5, 0.6) is 0 Å². The van der Waals surface area contributed by atoms with Crippen LogP contribution in [0.15, 0.2) is 0 Å². The van der Waals surface area contributed by atoms with Crippen molar-refractivity contribution in [3.05, 3.63) is 0 Å². The van der Waals surface area contributed by atoms with Gasteiger partial charge in [-0.05, 0) is 13.3 Å². The molecule has 0 spiro atoms. The van der Waals surface area contributed by atoms with E-state index in [0.717, 1.165) is 6.42 Å². The summed E-state index contributed by atoms with van der Waals surface area (Å²) >= 11 is 0. The van der Waals surface area contributed by atoms with Gasteiger partial charge in [-0.25, -0.2) is 5.21 Å². The molecule has 2 nitrogen and oxygen atoms in total. The summed E-state index contributed by atoms with van der Waals surface area (Å²) < 4.78 is 0.109. The highest BCUT2D eigenvalue weighted by Crippen LogP contribution is 2.14. The number of hydroxylamine groups is 3. The average Bonchev–Trinajstić information content (AvgIpc) is 2.30. The van der Waals surface area contributed by atoms with Crippen LogP contribution in [-0.2, 0) is 0 Å². The molecule has 1 unspecified atom stereocenters. The van der Waals surface area contributed by atoms with Crippen molar-refractivity contribution < 1.29 is 22.3 Å². The minimum atomic E-state index is 0. The standard InChI is InChI=1S/C16H36NO.ClH/c1-5-6-7-8-9-10-11-12-13-14-15-16(2)17(3,4)18;/h16,18H,5-15H2,1-4H3;1H/q+1;/p-1. The van der Waals surface area contributed by atoms with Gasteiger partial charge in [0.2, 0.25) is 0 Å². The van der Waals surface area contributed by atoms with Crippen LogP contribution in [0.4, 0.5) is 0 Å². The summed E-state index contributed by atoms with van der Waals surface area (Å²) in [5.74, 6) is 0. The molecule has 1 atom stereocenters. The Hall–Kier alpha value is 0.210. The molecule has 118 valence electrons. The van der Waals surface area contributed by atoms with Crippen LogP contribution in [0, 0.1) is 0 Å². The zero-order valence-corrected chi connectivity index (χ0v) is 14.4. The molecular weight excluding hydrogens is 258 g/mol. The fourth-order valence-corrected chi connectivity index (χ4v) is 2.24. The number of unbranched alkanes of at least 4 members (excludes halogenated alkanes) is 9. The van der Waals surface area contributed by atoms with Gasteiger partial charge in [-0.2, -0.15) is 4.65 Å². The van der Waals surface area contributed by atoms with Crippen LogP contribution in [-0.4, -0.2) is 30.0 Å². The number of quaternary nitrogens is 1. The van der Waals surface area contributed by atoms with E-state index in [1.165, 1.54) is 64.2 Å². The second-order valence-corrected chi connectivity index (χ2v) is 6.30. The number of hydrogen-bond donors (Lipinski definition) is 1. The molecule has 0 saturated carbocycles. The van der Waals surface area contributed by atoms with Crippen molar-refractivity contribution in [3.63, 3.8) is 0 Å². The van der Waals surface area contributed by atoms with E-state index < -0.39 is 0 Å². The van der Waals surface area contributed by atoms with Gasteiger partial charge >= 0.3 is 0 Å². The average molecular weight is 294 g/mol. The Bertz CT molecular complexity index is 180. The third-order valence-electron chi connectivity index (χ3n) is 4.05. The molecule has 0 amide bonds. The van der Waals surface area contributed by atoms with Crippen molar-refractivity contribution in [2.24, 2.45) is 0 Å². The van der Waals surface area contributed by atoms with Crippen molar-refractivity contribution in [1.29, 1.82) is 0 Å². The molecule has 0 aromatic rings. The lowest BCUT2D eigenvalue weighted by Gasteiger charge is -2.27. The van der Waals surface area contributed by atoms with Gasteiger partial charge in [0.15, 0.2) is 0 Å². The number of rotatable bonds is 12. The van der Waals surface area contributed by atoms with E-state index in [4.69, 9.17) is 0 Å². The Kier molecular flexibility index (Phi) is 14.9. The Balaban J connectivity index is 0. The van der Waals surface area contributed by atoms with Crippen LogP contribution < -0.4 is 12.4 Å². The van der Waals surface area contributed by atoms with Gasteiger partial charge in [0.1, 0.15) is 6.04 Å². The Morgan fingerprint density at radius 3 is 1.53 bits per heavy atom. The van der Waals surface area contributed by atoms with Crippen molar-refractivity contribution in [2.75, 3.05) is 14.1 Å². The summed E-state index contributed by atoms with van der Waals surface area (Å²) in [6.07, 6.45) is 15.0. The van der Waals surface area contributed by atoms with E-state index in [2.05, 4.69) is 13.8 Å². The van der Waals surface area contributed by atoms with E-state index in [1.54, 1.807) is 0 Å². The molecule has 0 bridgehead atoms. The van der Waals surface area contributed by atoms with Gasteiger partial charge in [0, 0.05) is 6.42 Å². The first-order chi connectivity index (χ1) is 8.48. The lowest BCUT2D eigenvalue weighted by Crippen LogP contribution is -3.00. The molecule has 0 saturated heterocycles. The van der Waals surface area contributed by atoms with E-state index in [1.807, 2.05) is 14.1 Å². The Morgan fingerprint density at radius 2 is 1.16 bits per heavy atom. The van der Waals surface area contributed by atoms with E-state index >= 15 is 0 Å². The normalized spacial score (nSPS) is 13.1. The highest BCUT2D eigenvalue weighted by molar-refractivity contribution is 4.51. The molecule has 0 aliphatic carbocycles. The smallest absolute Gasteiger partial charge is 0.116 e. The van der Waals surface area contributed by atoms with Crippen molar-refractivity contribution in [3.8, 4) is 0 Å². The predicted molar refractivity (Wildman–Crippen MR) is 79.8 cm³/mol. The molecule has 1 N–H and O–H groups in total. The van der Waals surface area contributed by atoms with Crippen LogP contribution >= 0.6 is 0 Å². The maximum Gasteiger partial charge on any atom is 0.116 e. The molecule has 0 aliphatic heterocycles. The van der Waals surface area contributed by atoms with E-state index in [9.17, 15) is 5.21 Å². The zero-order chi connectivity index (χ0) is 13.9. The van der Waals surface area contributed by atoms with Crippen LogP contribution in [0.1, 0.15) is 84.5 Å². The zero-order valence-electron chi connectivity index (χ0n) is 13.6. The summed E-state index contributed by atoms with van der Waals surface area (Å²) in [7, 11) is 3.72. The largest absolute Gasteiger partial charge is 1.00 e. The maximum absolute atomic E-state index is 9.77. The molecule has 0 fully saturated rings. The quantitative estimate of drug-likeness (QED) is 0.332. The van der Waals surface area contributed by atoms with E-state index in [-0.39, 0.29) is 17.1 Å². The Labute approximate surface area is 127 Å².